The smallest absolute Gasteiger partial charge is 0.267 e. The molecule has 0 saturated carbocycles. The van der Waals surface area contributed by atoms with Crippen LogP contribution in [0.1, 0.15) is 11.4 Å². The fourth-order valence-corrected chi connectivity index (χ4v) is 5.28. The van der Waals surface area contributed by atoms with Crippen molar-refractivity contribution < 1.29 is 0 Å². The number of nitrogens with one attached hydrogen (secondary N) is 1. The molecule has 44 heavy (non-hydrogen) atoms. The van der Waals surface area contributed by atoms with Gasteiger partial charge in [-0.25, -0.2) is 15.1 Å². The topological polar surface area (TPSA) is 123 Å². The van der Waals surface area contributed by atoms with Crippen LogP contribution in [0.4, 0.5) is 0 Å². The molecular formula is C30H19Cl5N8O. The number of hydrogen-bond acceptors (Lipinski definition) is 8. The van der Waals surface area contributed by atoms with E-state index in [1.54, 1.807) is 37.4 Å². The van der Waals surface area contributed by atoms with Gasteiger partial charge in [-0.2, -0.15) is 10.2 Å². The predicted octanol–water partition coefficient (Wildman–Crippen LogP) is 8.38. The minimum Gasteiger partial charge on any atom is -0.267 e. The lowest BCUT2D eigenvalue weighted by Crippen LogP contribution is -2.15. The fourth-order valence-electron chi connectivity index (χ4n) is 4.40. The Morgan fingerprint density at radius 3 is 1.48 bits per heavy atom. The van der Waals surface area contributed by atoms with E-state index in [1.807, 2.05) is 31.2 Å². The van der Waals surface area contributed by atoms with Gasteiger partial charge in [0.2, 0.25) is 0 Å². The molecule has 0 aliphatic heterocycles. The SMILES string of the molecule is Cc1n[nH]c(=O)c(-c2nccnc2Cl)c1-c1ccc(Cl)cc1.Cc1nnc(Cl)c(-c2nccnc2Cl)c1-c1ccc(Cl)cc1. The van der Waals surface area contributed by atoms with Crippen LogP contribution in [0.2, 0.25) is 25.5 Å². The van der Waals surface area contributed by atoms with Gasteiger partial charge in [0.05, 0.1) is 22.5 Å². The summed E-state index contributed by atoms with van der Waals surface area (Å²) in [4.78, 5) is 28.8. The van der Waals surface area contributed by atoms with E-state index < -0.39 is 0 Å². The van der Waals surface area contributed by atoms with Crippen molar-refractivity contribution in [1.82, 2.24) is 40.3 Å². The third kappa shape index (κ3) is 6.72. The highest BCUT2D eigenvalue weighted by Gasteiger charge is 2.21. The monoisotopic (exact) mass is 682 g/mol. The summed E-state index contributed by atoms with van der Waals surface area (Å²) in [5.41, 5.74) is 5.88. The lowest BCUT2D eigenvalue weighted by molar-refractivity contribution is 0.949. The van der Waals surface area contributed by atoms with Crippen molar-refractivity contribution in [2.75, 3.05) is 0 Å². The van der Waals surface area contributed by atoms with Crippen LogP contribution in [0.5, 0.6) is 0 Å². The van der Waals surface area contributed by atoms with Crippen LogP contribution in [-0.2, 0) is 0 Å². The Morgan fingerprint density at radius 1 is 0.523 bits per heavy atom. The normalized spacial score (nSPS) is 10.7. The summed E-state index contributed by atoms with van der Waals surface area (Å²) < 4.78 is 0. The molecule has 4 heterocycles. The molecule has 0 unspecified atom stereocenters. The molecule has 0 atom stereocenters. The van der Waals surface area contributed by atoms with Crippen LogP contribution in [0.15, 0.2) is 78.1 Å². The number of hydrogen-bond donors (Lipinski definition) is 1. The second-order valence-electron chi connectivity index (χ2n) is 9.12. The fraction of sp³-hybridized carbons (Fsp3) is 0.0667. The van der Waals surface area contributed by atoms with E-state index in [9.17, 15) is 4.79 Å². The maximum atomic E-state index is 12.3. The van der Waals surface area contributed by atoms with Gasteiger partial charge < -0.3 is 0 Å². The average molecular weight is 685 g/mol. The molecule has 0 bridgehead atoms. The largest absolute Gasteiger partial charge is 0.274 e. The summed E-state index contributed by atoms with van der Waals surface area (Å²) >= 11 is 30.4. The van der Waals surface area contributed by atoms with Gasteiger partial charge in [0.15, 0.2) is 15.5 Å². The molecule has 220 valence electrons. The molecule has 6 rings (SSSR count). The van der Waals surface area contributed by atoms with E-state index in [0.717, 1.165) is 16.7 Å². The summed E-state index contributed by atoms with van der Waals surface area (Å²) in [6.07, 6.45) is 6.03. The Kier molecular flexibility index (Phi) is 9.83. The minimum atomic E-state index is -0.377. The summed E-state index contributed by atoms with van der Waals surface area (Å²) in [5.74, 6) is 0. The maximum absolute atomic E-state index is 12.3. The Balaban J connectivity index is 0.000000175. The third-order valence-electron chi connectivity index (χ3n) is 6.32. The average Bonchev–Trinajstić information content (AvgIpc) is 3.02. The number of nitrogens with zero attached hydrogens (tertiary/aromatic N) is 7. The van der Waals surface area contributed by atoms with Crippen LogP contribution in [0.3, 0.4) is 0 Å². The zero-order valence-corrected chi connectivity index (χ0v) is 26.6. The van der Waals surface area contributed by atoms with Crippen LogP contribution in [-0.4, -0.2) is 40.3 Å². The molecule has 0 saturated heterocycles. The highest BCUT2D eigenvalue weighted by Crippen LogP contribution is 2.39. The molecule has 6 aromatic rings. The van der Waals surface area contributed by atoms with Gasteiger partial charge in [0, 0.05) is 46.0 Å². The Labute approximate surface area is 276 Å². The van der Waals surface area contributed by atoms with Crippen molar-refractivity contribution in [3.05, 3.63) is 121 Å². The van der Waals surface area contributed by atoms with E-state index >= 15 is 0 Å². The Morgan fingerprint density at radius 2 is 0.977 bits per heavy atom. The van der Waals surface area contributed by atoms with Crippen LogP contribution < -0.4 is 5.56 Å². The Hall–Kier alpha value is -3.99. The molecule has 0 amide bonds. The van der Waals surface area contributed by atoms with E-state index in [4.69, 9.17) is 58.0 Å². The number of halogens is 5. The lowest BCUT2D eigenvalue weighted by Gasteiger charge is -2.13. The summed E-state index contributed by atoms with van der Waals surface area (Å²) in [7, 11) is 0. The van der Waals surface area contributed by atoms with E-state index in [-0.39, 0.29) is 21.0 Å². The highest BCUT2D eigenvalue weighted by molar-refractivity contribution is 6.35. The predicted molar refractivity (Wildman–Crippen MR) is 174 cm³/mol. The molecule has 14 heteroatoms. The summed E-state index contributed by atoms with van der Waals surface area (Å²) in [6, 6.07) is 14.5. The molecule has 1 N–H and O–H groups in total. The molecule has 0 aliphatic carbocycles. The number of H-pyrrole nitrogens is 1. The molecule has 0 fully saturated rings. The number of aromatic nitrogens is 8. The molecule has 2 aromatic carbocycles. The second kappa shape index (κ2) is 13.8. The van der Waals surface area contributed by atoms with Crippen molar-refractivity contribution in [3.63, 3.8) is 0 Å². The van der Waals surface area contributed by atoms with Crippen molar-refractivity contribution in [2.24, 2.45) is 0 Å². The van der Waals surface area contributed by atoms with Crippen LogP contribution in [0.25, 0.3) is 44.8 Å². The van der Waals surface area contributed by atoms with Crippen LogP contribution in [0, 0.1) is 13.8 Å². The third-order valence-corrected chi connectivity index (χ3v) is 7.64. The molecule has 9 nitrogen and oxygen atoms in total. The molecular weight excluding hydrogens is 666 g/mol. The zero-order valence-electron chi connectivity index (χ0n) is 22.9. The Bertz CT molecular complexity index is 2020. The maximum Gasteiger partial charge on any atom is 0.274 e. The summed E-state index contributed by atoms with van der Waals surface area (Å²) in [6.45, 7) is 3.65. The number of rotatable bonds is 4. The van der Waals surface area contributed by atoms with Gasteiger partial charge in [-0.15, -0.1) is 5.10 Å². The van der Waals surface area contributed by atoms with E-state index in [1.165, 1.54) is 18.6 Å². The first-order valence-electron chi connectivity index (χ1n) is 12.7. The van der Waals surface area contributed by atoms with E-state index in [2.05, 4.69) is 40.3 Å². The van der Waals surface area contributed by atoms with E-state index in [0.29, 0.717) is 49.5 Å². The number of aromatic amines is 1. The quantitative estimate of drug-likeness (QED) is 0.197. The number of benzene rings is 2. The number of aryl methyl sites for hydroxylation is 2. The van der Waals surface area contributed by atoms with Crippen molar-refractivity contribution in [3.8, 4) is 44.8 Å². The second-order valence-corrected chi connectivity index (χ2v) is 11.1. The first-order chi connectivity index (χ1) is 21.2. The van der Waals surface area contributed by atoms with Crippen LogP contribution >= 0.6 is 58.0 Å². The molecule has 0 radical (unpaired) electrons. The standard InChI is InChI=1S/C15H9Cl3N4.C15H10Cl2N4O/c1-8-11(9-2-4-10(16)5-3-9)12(14(17)22-21-8)13-15(18)20-7-6-19-13;1-8-11(9-2-4-10(16)5-3-9)12(15(22)21-20-8)13-14(17)19-7-6-18-13/h2-7H,1H3;2-7H,1H3,(H,21,22). The van der Waals surface area contributed by atoms with Crippen molar-refractivity contribution in [1.29, 1.82) is 0 Å². The first-order valence-corrected chi connectivity index (χ1v) is 14.6. The lowest BCUT2D eigenvalue weighted by atomic mass is 9.98. The minimum absolute atomic E-state index is 0.161. The van der Waals surface area contributed by atoms with Gasteiger partial charge in [0.25, 0.3) is 5.56 Å². The molecule has 0 aliphatic rings. The molecule has 0 spiro atoms. The van der Waals surface area contributed by atoms with Crippen molar-refractivity contribution >= 4 is 58.0 Å². The van der Waals surface area contributed by atoms with Gasteiger partial charge >= 0.3 is 0 Å². The van der Waals surface area contributed by atoms with Crippen molar-refractivity contribution in [2.45, 2.75) is 13.8 Å². The van der Waals surface area contributed by atoms with Gasteiger partial charge in [-0.1, -0.05) is 82.3 Å². The van der Waals surface area contributed by atoms with Gasteiger partial charge in [-0.05, 0) is 49.2 Å². The zero-order chi connectivity index (χ0) is 31.4. The van der Waals surface area contributed by atoms with Gasteiger partial charge in [-0.3, -0.25) is 14.8 Å². The first kappa shape index (κ1) is 31.4. The summed E-state index contributed by atoms with van der Waals surface area (Å²) in [5, 5.41) is 16.4. The highest BCUT2D eigenvalue weighted by atomic mass is 35.5. The molecule has 4 aromatic heterocycles. The van der Waals surface area contributed by atoms with Gasteiger partial charge in [0.1, 0.15) is 11.4 Å².